The molecule has 27 heavy (non-hydrogen) atoms. The molecule has 3 rings (SSSR count). The summed E-state index contributed by atoms with van der Waals surface area (Å²) in [6.45, 7) is 0.991. The highest BCUT2D eigenvalue weighted by molar-refractivity contribution is 9.08. The van der Waals surface area contributed by atoms with E-state index in [1.54, 1.807) is 12.4 Å². The SMILES string of the molecule is O=c1cc(NCc2cccnc2)c(OCCCc2ccc(Cl)cc2)nn1Br. The number of nitrogens with one attached hydrogen (secondary N) is 1. The van der Waals surface area contributed by atoms with Crippen molar-refractivity contribution < 1.29 is 4.74 Å². The first-order valence-electron chi connectivity index (χ1n) is 8.42. The Labute approximate surface area is 170 Å². The largest absolute Gasteiger partial charge is 0.475 e. The van der Waals surface area contributed by atoms with E-state index in [0.29, 0.717) is 24.7 Å². The second-order valence-corrected chi connectivity index (χ2v) is 6.96. The van der Waals surface area contributed by atoms with Crippen LogP contribution in [0.5, 0.6) is 5.88 Å². The van der Waals surface area contributed by atoms with Gasteiger partial charge in [0.25, 0.3) is 11.4 Å². The van der Waals surface area contributed by atoms with Crippen LogP contribution in [0, 0.1) is 0 Å². The van der Waals surface area contributed by atoms with Crippen molar-refractivity contribution >= 4 is 33.4 Å². The number of pyridine rings is 1. The van der Waals surface area contributed by atoms with Gasteiger partial charge in [0.1, 0.15) is 5.69 Å². The number of anilines is 1. The van der Waals surface area contributed by atoms with Crippen molar-refractivity contribution in [1.82, 2.24) is 13.8 Å². The van der Waals surface area contributed by atoms with Crippen LogP contribution < -0.4 is 15.6 Å². The molecule has 0 aliphatic rings. The summed E-state index contributed by atoms with van der Waals surface area (Å²) in [7, 11) is 0. The van der Waals surface area contributed by atoms with Crippen molar-refractivity contribution in [1.29, 1.82) is 0 Å². The van der Waals surface area contributed by atoms with Crippen LogP contribution in [0.25, 0.3) is 0 Å². The van der Waals surface area contributed by atoms with Crippen molar-refractivity contribution in [2.75, 3.05) is 11.9 Å². The molecular formula is C19H18BrClN4O2. The molecular weight excluding hydrogens is 432 g/mol. The fourth-order valence-corrected chi connectivity index (χ4v) is 2.82. The van der Waals surface area contributed by atoms with Gasteiger partial charge in [-0.2, -0.15) is 3.71 Å². The fourth-order valence-electron chi connectivity index (χ4n) is 2.45. The number of benzene rings is 1. The number of rotatable bonds is 8. The van der Waals surface area contributed by atoms with E-state index in [4.69, 9.17) is 16.3 Å². The van der Waals surface area contributed by atoms with Crippen LogP contribution in [0.3, 0.4) is 0 Å². The van der Waals surface area contributed by atoms with E-state index >= 15 is 0 Å². The van der Waals surface area contributed by atoms with E-state index in [0.717, 1.165) is 27.1 Å². The van der Waals surface area contributed by atoms with Gasteiger partial charge in [-0.05, 0) is 42.2 Å². The molecule has 0 atom stereocenters. The summed E-state index contributed by atoms with van der Waals surface area (Å²) in [6.07, 6.45) is 5.15. The Kier molecular flexibility index (Phi) is 6.84. The molecule has 1 aromatic carbocycles. The highest BCUT2D eigenvalue weighted by Crippen LogP contribution is 2.21. The lowest BCUT2D eigenvalue weighted by Crippen LogP contribution is -2.18. The van der Waals surface area contributed by atoms with E-state index in [1.165, 1.54) is 11.6 Å². The molecule has 0 bridgehead atoms. The van der Waals surface area contributed by atoms with Gasteiger partial charge in [0.15, 0.2) is 0 Å². The second kappa shape index (κ2) is 9.53. The van der Waals surface area contributed by atoms with Gasteiger partial charge in [-0.15, -0.1) is 5.10 Å². The summed E-state index contributed by atoms with van der Waals surface area (Å²) in [4.78, 5) is 16.0. The summed E-state index contributed by atoms with van der Waals surface area (Å²) in [5.41, 5.74) is 2.45. The summed E-state index contributed by atoms with van der Waals surface area (Å²) < 4.78 is 6.88. The Morgan fingerprint density at radius 3 is 2.74 bits per heavy atom. The summed E-state index contributed by atoms with van der Waals surface area (Å²) >= 11 is 8.99. The van der Waals surface area contributed by atoms with Gasteiger partial charge >= 0.3 is 0 Å². The lowest BCUT2D eigenvalue weighted by molar-refractivity contribution is 0.296. The van der Waals surface area contributed by atoms with Crippen molar-refractivity contribution in [3.8, 4) is 5.88 Å². The van der Waals surface area contributed by atoms with Gasteiger partial charge in [-0.25, -0.2) is 0 Å². The van der Waals surface area contributed by atoms with Crippen LogP contribution in [-0.2, 0) is 13.0 Å². The highest BCUT2D eigenvalue weighted by atomic mass is 79.9. The average Bonchev–Trinajstić information content (AvgIpc) is 2.68. The van der Waals surface area contributed by atoms with Crippen molar-refractivity contribution in [3.05, 3.63) is 81.4 Å². The van der Waals surface area contributed by atoms with Crippen LogP contribution in [0.15, 0.2) is 59.7 Å². The third-order valence-electron chi connectivity index (χ3n) is 3.83. The molecule has 0 fully saturated rings. The summed E-state index contributed by atoms with van der Waals surface area (Å²) in [5, 5.41) is 8.06. The number of nitrogens with zero attached hydrogens (tertiary/aromatic N) is 3. The van der Waals surface area contributed by atoms with E-state index in [9.17, 15) is 4.79 Å². The smallest absolute Gasteiger partial charge is 0.279 e. The van der Waals surface area contributed by atoms with Gasteiger partial charge in [0, 0.05) is 30.0 Å². The van der Waals surface area contributed by atoms with Crippen LogP contribution in [0.1, 0.15) is 17.5 Å². The highest BCUT2D eigenvalue weighted by Gasteiger charge is 2.10. The van der Waals surface area contributed by atoms with Crippen LogP contribution in [0.4, 0.5) is 5.69 Å². The Morgan fingerprint density at radius 2 is 2.00 bits per heavy atom. The topological polar surface area (TPSA) is 69.0 Å². The van der Waals surface area contributed by atoms with Crippen LogP contribution in [-0.4, -0.2) is 20.4 Å². The standard InChI is InChI=1S/C19H18BrClN4O2/c20-25-18(26)11-17(23-13-15-3-1-9-22-12-15)19(24-25)27-10-2-4-14-5-7-16(21)8-6-14/h1,3,5-9,11-12,23H,2,4,10,13H2. The van der Waals surface area contributed by atoms with E-state index < -0.39 is 0 Å². The number of hydrogen-bond donors (Lipinski definition) is 1. The summed E-state index contributed by atoms with van der Waals surface area (Å²) in [6, 6.07) is 13.0. The van der Waals surface area contributed by atoms with Gasteiger partial charge < -0.3 is 10.1 Å². The minimum Gasteiger partial charge on any atom is -0.475 e. The van der Waals surface area contributed by atoms with E-state index in [2.05, 4.69) is 31.5 Å². The molecule has 0 spiro atoms. The Morgan fingerprint density at radius 1 is 1.19 bits per heavy atom. The molecule has 6 nitrogen and oxygen atoms in total. The number of aryl methyl sites for hydroxylation is 1. The normalized spacial score (nSPS) is 10.6. The van der Waals surface area contributed by atoms with Crippen molar-refractivity contribution in [3.63, 3.8) is 0 Å². The lowest BCUT2D eigenvalue weighted by Gasteiger charge is -2.12. The third kappa shape index (κ3) is 5.80. The maximum Gasteiger partial charge on any atom is 0.279 e. The maximum absolute atomic E-state index is 11.9. The van der Waals surface area contributed by atoms with Gasteiger partial charge in [0.2, 0.25) is 0 Å². The average molecular weight is 450 g/mol. The molecule has 2 heterocycles. The third-order valence-corrected chi connectivity index (χ3v) is 4.59. The predicted molar refractivity (Wildman–Crippen MR) is 110 cm³/mol. The molecule has 3 aromatic rings. The minimum absolute atomic E-state index is 0.280. The molecule has 0 saturated carbocycles. The molecule has 0 radical (unpaired) electrons. The van der Waals surface area contributed by atoms with Crippen molar-refractivity contribution in [2.24, 2.45) is 0 Å². The molecule has 0 aliphatic carbocycles. The molecule has 1 N–H and O–H groups in total. The first kappa shape index (κ1) is 19.4. The van der Waals surface area contributed by atoms with Gasteiger partial charge in [-0.1, -0.05) is 29.8 Å². The number of hydrogen-bond acceptors (Lipinski definition) is 5. The zero-order valence-electron chi connectivity index (χ0n) is 14.4. The number of halogens is 2. The lowest BCUT2D eigenvalue weighted by atomic mass is 10.1. The Hall–Kier alpha value is -2.38. The molecule has 8 heteroatoms. The molecule has 0 unspecified atom stereocenters. The summed E-state index contributed by atoms with van der Waals surface area (Å²) in [5.74, 6) is 0.367. The molecule has 140 valence electrons. The Bertz CT molecular complexity index is 933. The molecule has 0 saturated heterocycles. The van der Waals surface area contributed by atoms with Crippen molar-refractivity contribution in [2.45, 2.75) is 19.4 Å². The molecule has 2 aromatic heterocycles. The predicted octanol–water partition coefficient (Wildman–Crippen LogP) is 4.07. The Balaban J connectivity index is 1.60. The monoisotopic (exact) mass is 448 g/mol. The first-order valence-corrected chi connectivity index (χ1v) is 9.51. The molecule has 0 aliphatic heterocycles. The van der Waals surface area contributed by atoms with Crippen LogP contribution >= 0.6 is 27.7 Å². The zero-order chi connectivity index (χ0) is 19.1. The zero-order valence-corrected chi connectivity index (χ0v) is 16.8. The molecule has 0 amide bonds. The number of aromatic nitrogens is 3. The minimum atomic E-state index is -0.280. The fraction of sp³-hybridized carbons (Fsp3) is 0.211. The maximum atomic E-state index is 11.9. The van der Waals surface area contributed by atoms with Gasteiger partial charge in [0.05, 0.1) is 22.8 Å². The van der Waals surface area contributed by atoms with E-state index in [-0.39, 0.29) is 5.56 Å². The number of ether oxygens (including phenoxy) is 1. The van der Waals surface area contributed by atoms with Gasteiger partial charge in [-0.3, -0.25) is 9.78 Å². The quantitative estimate of drug-likeness (QED) is 0.525. The first-order chi connectivity index (χ1) is 13.1. The second-order valence-electron chi connectivity index (χ2n) is 5.85. The van der Waals surface area contributed by atoms with E-state index in [1.807, 2.05) is 36.4 Å². The van der Waals surface area contributed by atoms with Crippen LogP contribution in [0.2, 0.25) is 5.02 Å².